The summed E-state index contributed by atoms with van der Waals surface area (Å²) in [5.74, 6) is 0. The molecule has 1 aromatic heterocycles. The third kappa shape index (κ3) is 3.73. The first-order valence-corrected chi connectivity index (χ1v) is 7.89. The molecule has 2 rings (SSSR count). The molecule has 2 aromatic rings. The van der Waals surface area contributed by atoms with Gasteiger partial charge in [0.1, 0.15) is 0 Å². The Morgan fingerprint density at radius 1 is 1.24 bits per heavy atom. The van der Waals surface area contributed by atoms with Gasteiger partial charge in [-0.3, -0.25) is 0 Å². The van der Waals surface area contributed by atoms with Crippen LogP contribution < -0.4 is 5.32 Å². The zero-order valence-corrected chi connectivity index (χ0v) is 13.9. The fraction of sp³-hybridized carbons (Fsp3) is 0.500. The van der Waals surface area contributed by atoms with Gasteiger partial charge >= 0.3 is 0 Å². The molecule has 0 amide bonds. The predicted octanol–water partition coefficient (Wildman–Crippen LogP) is 3.94. The van der Waals surface area contributed by atoms with Crippen molar-refractivity contribution in [2.75, 3.05) is 0 Å². The van der Waals surface area contributed by atoms with Gasteiger partial charge in [0.05, 0.1) is 11.9 Å². The van der Waals surface area contributed by atoms with Crippen molar-refractivity contribution < 1.29 is 0 Å². The highest BCUT2D eigenvalue weighted by atomic mass is 15.3. The van der Waals surface area contributed by atoms with Gasteiger partial charge in [0.15, 0.2) is 0 Å². The zero-order chi connectivity index (χ0) is 15.4. The molecule has 3 nitrogen and oxygen atoms in total. The zero-order valence-electron chi connectivity index (χ0n) is 13.9. The molecule has 114 valence electrons. The maximum absolute atomic E-state index is 4.65. The van der Waals surface area contributed by atoms with Crippen molar-refractivity contribution in [3.8, 4) is 5.69 Å². The van der Waals surface area contributed by atoms with Crippen molar-refractivity contribution in [1.29, 1.82) is 0 Å². The van der Waals surface area contributed by atoms with Crippen molar-refractivity contribution in [1.82, 2.24) is 15.1 Å². The van der Waals surface area contributed by atoms with E-state index in [0.29, 0.717) is 6.04 Å². The Morgan fingerprint density at radius 3 is 2.62 bits per heavy atom. The van der Waals surface area contributed by atoms with Gasteiger partial charge in [0.25, 0.3) is 0 Å². The molecule has 0 radical (unpaired) electrons. The largest absolute Gasteiger partial charge is 0.310 e. The molecule has 0 spiro atoms. The minimum Gasteiger partial charge on any atom is -0.310 e. The molecule has 0 fully saturated rings. The normalized spacial score (nSPS) is 11.3. The first kappa shape index (κ1) is 15.8. The number of aryl methyl sites for hydroxylation is 2. The highest BCUT2D eigenvalue weighted by Crippen LogP contribution is 2.20. The van der Waals surface area contributed by atoms with Crippen LogP contribution in [0, 0.1) is 13.8 Å². The Hall–Kier alpha value is -1.61. The van der Waals surface area contributed by atoms with E-state index in [-0.39, 0.29) is 0 Å². The number of benzene rings is 1. The fourth-order valence-electron chi connectivity index (χ4n) is 2.62. The highest BCUT2D eigenvalue weighted by molar-refractivity contribution is 5.44. The van der Waals surface area contributed by atoms with Gasteiger partial charge in [-0.25, -0.2) is 4.68 Å². The smallest absolute Gasteiger partial charge is 0.0678 e. The standard InChI is InChI=1S/C18H27N3/c1-6-7-18-16(11-19-13(2)3)12-20-21(18)17-9-8-14(4)10-15(17)5/h8-10,12-13,19H,6-7,11H2,1-5H3. The third-order valence-corrected chi connectivity index (χ3v) is 3.72. The summed E-state index contributed by atoms with van der Waals surface area (Å²) in [6, 6.07) is 7.05. The Balaban J connectivity index is 2.38. The average Bonchev–Trinajstić information content (AvgIpc) is 2.80. The molecule has 0 atom stereocenters. The van der Waals surface area contributed by atoms with Gasteiger partial charge in [0, 0.05) is 23.8 Å². The van der Waals surface area contributed by atoms with Crippen molar-refractivity contribution >= 4 is 0 Å². The van der Waals surface area contributed by atoms with Crippen molar-refractivity contribution in [3.63, 3.8) is 0 Å². The molecule has 1 N–H and O–H groups in total. The predicted molar refractivity (Wildman–Crippen MR) is 89.0 cm³/mol. The lowest BCUT2D eigenvalue weighted by molar-refractivity contribution is 0.585. The molecule has 1 heterocycles. The summed E-state index contributed by atoms with van der Waals surface area (Å²) in [5, 5.41) is 8.15. The summed E-state index contributed by atoms with van der Waals surface area (Å²) >= 11 is 0. The number of nitrogens with zero attached hydrogens (tertiary/aromatic N) is 2. The van der Waals surface area contributed by atoms with Crippen molar-refractivity contribution in [2.24, 2.45) is 0 Å². The molecule has 0 aliphatic rings. The van der Waals surface area contributed by atoms with E-state index >= 15 is 0 Å². The summed E-state index contributed by atoms with van der Waals surface area (Å²) in [7, 11) is 0. The Labute approximate surface area is 128 Å². The van der Waals surface area contributed by atoms with Crippen LogP contribution in [0.3, 0.4) is 0 Å². The van der Waals surface area contributed by atoms with Crippen molar-refractivity contribution in [3.05, 3.63) is 46.8 Å². The minimum atomic E-state index is 0.490. The van der Waals surface area contributed by atoms with Gasteiger partial charge in [-0.2, -0.15) is 5.10 Å². The molecule has 0 unspecified atom stereocenters. The number of hydrogen-bond donors (Lipinski definition) is 1. The highest BCUT2D eigenvalue weighted by Gasteiger charge is 2.13. The number of aromatic nitrogens is 2. The lowest BCUT2D eigenvalue weighted by Gasteiger charge is -2.13. The second-order valence-electron chi connectivity index (χ2n) is 6.10. The Morgan fingerprint density at radius 2 is 2.00 bits per heavy atom. The van der Waals surface area contributed by atoms with Gasteiger partial charge in [-0.15, -0.1) is 0 Å². The topological polar surface area (TPSA) is 29.9 Å². The summed E-state index contributed by atoms with van der Waals surface area (Å²) in [6.45, 7) is 11.7. The molecule has 0 saturated heterocycles. The molecule has 0 aliphatic heterocycles. The molecule has 21 heavy (non-hydrogen) atoms. The minimum absolute atomic E-state index is 0.490. The summed E-state index contributed by atoms with van der Waals surface area (Å²) in [4.78, 5) is 0. The fourth-order valence-corrected chi connectivity index (χ4v) is 2.62. The van der Waals surface area contributed by atoms with Gasteiger partial charge < -0.3 is 5.32 Å². The van der Waals surface area contributed by atoms with Crippen LogP contribution in [0.1, 0.15) is 49.6 Å². The van der Waals surface area contributed by atoms with Crippen LogP contribution in [0.2, 0.25) is 0 Å². The van der Waals surface area contributed by atoms with E-state index in [1.807, 2.05) is 6.20 Å². The van der Waals surface area contributed by atoms with Gasteiger partial charge in [0.2, 0.25) is 0 Å². The van der Waals surface area contributed by atoms with Crippen LogP contribution in [0.5, 0.6) is 0 Å². The number of hydrogen-bond acceptors (Lipinski definition) is 2. The van der Waals surface area contributed by atoms with E-state index in [2.05, 4.69) is 67.9 Å². The van der Waals surface area contributed by atoms with Gasteiger partial charge in [-0.05, 0) is 31.9 Å². The number of nitrogens with one attached hydrogen (secondary N) is 1. The summed E-state index contributed by atoms with van der Waals surface area (Å²) in [5.41, 5.74) is 6.41. The molecular formula is C18H27N3. The van der Waals surface area contributed by atoms with Crippen LogP contribution in [0.25, 0.3) is 5.69 Å². The lowest BCUT2D eigenvalue weighted by atomic mass is 10.1. The summed E-state index contributed by atoms with van der Waals surface area (Å²) < 4.78 is 2.12. The third-order valence-electron chi connectivity index (χ3n) is 3.72. The van der Waals surface area contributed by atoms with E-state index in [0.717, 1.165) is 19.4 Å². The molecular weight excluding hydrogens is 258 g/mol. The maximum atomic E-state index is 4.65. The number of rotatable bonds is 6. The van der Waals surface area contributed by atoms with Crippen molar-refractivity contribution in [2.45, 2.75) is 60.0 Å². The molecule has 3 heteroatoms. The van der Waals surface area contributed by atoms with E-state index in [1.54, 1.807) is 0 Å². The van der Waals surface area contributed by atoms with Gasteiger partial charge in [-0.1, -0.05) is 44.9 Å². The monoisotopic (exact) mass is 285 g/mol. The van der Waals surface area contributed by atoms with E-state index in [9.17, 15) is 0 Å². The van der Waals surface area contributed by atoms with Crippen LogP contribution in [0.4, 0.5) is 0 Å². The summed E-state index contributed by atoms with van der Waals surface area (Å²) in [6.07, 6.45) is 4.20. The molecule has 0 bridgehead atoms. The van der Waals surface area contributed by atoms with E-state index < -0.39 is 0 Å². The molecule has 0 saturated carbocycles. The first-order chi connectivity index (χ1) is 10.0. The van der Waals surface area contributed by atoms with E-state index in [1.165, 1.54) is 28.1 Å². The van der Waals surface area contributed by atoms with Crippen LogP contribution in [0.15, 0.2) is 24.4 Å². The van der Waals surface area contributed by atoms with Crippen LogP contribution >= 0.6 is 0 Å². The lowest BCUT2D eigenvalue weighted by Crippen LogP contribution is -2.22. The second kappa shape index (κ2) is 6.90. The first-order valence-electron chi connectivity index (χ1n) is 7.89. The van der Waals surface area contributed by atoms with E-state index in [4.69, 9.17) is 0 Å². The second-order valence-corrected chi connectivity index (χ2v) is 6.10. The van der Waals surface area contributed by atoms with Crippen LogP contribution in [-0.4, -0.2) is 15.8 Å². The van der Waals surface area contributed by atoms with Crippen LogP contribution in [-0.2, 0) is 13.0 Å². The maximum Gasteiger partial charge on any atom is 0.0678 e. The Kier molecular flexibility index (Phi) is 5.18. The molecule has 1 aromatic carbocycles. The molecule has 0 aliphatic carbocycles. The average molecular weight is 285 g/mol. The quantitative estimate of drug-likeness (QED) is 0.871. The SMILES string of the molecule is CCCc1c(CNC(C)C)cnn1-c1ccc(C)cc1C. The Bertz CT molecular complexity index is 597.